The van der Waals surface area contributed by atoms with E-state index in [4.69, 9.17) is 9.47 Å². The van der Waals surface area contributed by atoms with Crippen molar-refractivity contribution in [3.8, 4) is 11.5 Å². The number of aryl methyl sites for hydroxylation is 2. The maximum absolute atomic E-state index is 12.1. The van der Waals surface area contributed by atoms with Gasteiger partial charge in [0.15, 0.2) is 11.5 Å². The van der Waals surface area contributed by atoms with Gasteiger partial charge in [0.05, 0.1) is 16.8 Å². The highest BCUT2D eigenvalue weighted by Gasteiger charge is 2.12. The minimum Gasteiger partial charge on any atom is -0.486 e. The lowest BCUT2D eigenvalue weighted by Crippen LogP contribution is -2.27. The van der Waals surface area contributed by atoms with Crippen LogP contribution in [-0.4, -0.2) is 41.0 Å². The molecule has 1 aliphatic heterocycles. The van der Waals surface area contributed by atoms with E-state index < -0.39 is 0 Å². The first-order valence-electron chi connectivity index (χ1n) is 9.42. The van der Waals surface area contributed by atoms with Crippen molar-refractivity contribution >= 4 is 28.7 Å². The molecule has 0 spiro atoms. The summed E-state index contributed by atoms with van der Waals surface area (Å²) in [4.78, 5) is 17.7. The number of nitrogens with zero attached hydrogens (tertiary/aromatic N) is 2. The molecule has 6 nitrogen and oxygen atoms in total. The second-order valence-electron chi connectivity index (χ2n) is 6.60. The summed E-state index contributed by atoms with van der Waals surface area (Å²) in [5, 5.41) is 3.00. The molecule has 0 saturated carbocycles. The number of hydrogen-bond acceptors (Lipinski definition) is 5. The molecule has 1 aromatic heterocycles. The number of rotatable bonds is 7. The third-order valence-corrected chi connectivity index (χ3v) is 5.60. The van der Waals surface area contributed by atoms with Gasteiger partial charge in [-0.1, -0.05) is 12.1 Å². The van der Waals surface area contributed by atoms with E-state index in [0.29, 0.717) is 25.5 Å². The summed E-state index contributed by atoms with van der Waals surface area (Å²) < 4.78 is 13.3. The maximum atomic E-state index is 12.1. The Bertz CT molecular complexity index is 986. The second kappa shape index (κ2) is 8.56. The van der Waals surface area contributed by atoms with Crippen molar-refractivity contribution in [3.63, 3.8) is 0 Å². The number of ether oxygens (including phenoxy) is 2. The Balaban J connectivity index is 1.22. The number of hydrogen-bond donors (Lipinski definition) is 1. The third-order valence-electron chi connectivity index (χ3n) is 4.61. The average molecular weight is 398 g/mol. The fraction of sp³-hybridized carbons (Fsp3) is 0.333. The molecule has 7 heteroatoms. The zero-order valence-electron chi connectivity index (χ0n) is 15.8. The Morgan fingerprint density at radius 2 is 2.00 bits per heavy atom. The number of amides is 1. The maximum Gasteiger partial charge on any atom is 0.230 e. The minimum absolute atomic E-state index is 0.0344. The van der Waals surface area contributed by atoms with Gasteiger partial charge in [-0.05, 0) is 43.7 Å². The number of fused-ring (bicyclic) bond motifs is 2. The monoisotopic (exact) mass is 397 g/mol. The molecule has 0 bridgehead atoms. The van der Waals surface area contributed by atoms with E-state index in [9.17, 15) is 4.79 Å². The highest BCUT2D eigenvalue weighted by Crippen LogP contribution is 2.34. The number of aromatic nitrogens is 2. The van der Waals surface area contributed by atoms with E-state index in [1.165, 1.54) is 11.8 Å². The SMILES string of the molecule is Cc1nc2ccccc2n1CCCNC(=O)CSc1ccc2c(c1)OCCO2. The molecule has 0 atom stereocenters. The largest absolute Gasteiger partial charge is 0.486 e. The Kier molecular flexibility index (Phi) is 5.71. The number of benzene rings is 2. The molecule has 3 aromatic rings. The van der Waals surface area contributed by atoms with Crippen molar-refractivity contribution in [3.05, 3.63) is 48.3 Å². The molecule has 1 amide bonds. The Hall–Kier alpha value is -2.67. The fourth-order valence-electron chi connectivity index (χ4n) is 3.26. The van der Waals surface area contributed by atoms with Gasteiger partial charge in [0, 0.05) is 18.0 Å². The molecule has 2 aromatic carbocycles. The predicted octanol–water partition coefficient (Wildman–Crippen LogP) is 3.41. The molecule has 4 rings (SSSR count). The molecular formula is C21H23N3O3S. The van der Waals surface area contributed by atoms with Gasteiger partial charge >= 0.3 is 0 Å². The van der Waals surface area contributed by atoms with E-state index in [1.54, 1.807) is 0 Å². The normalized spacial score (nSPS) is 12.9. The number of imidazole rings is 1. The summed E-state index contributed by atoms with van der Waals surface area (Å²) in [5.41, 5.74) is 2.15. The number of carbonyl (C=O) groups is 1. The van der Waals surface area contributed by atoms with Crippen molar-refractivity contribution < 1.29 is 14.3 Å². The number of thioether (sulfide) groups is 1. The van der Waals surface area contributed by atoms with Crippen LogP contribution in [0.3, 0.4) is 0 Å². The van der Waals surface area contributed by atoms with Gasteiger partial charge in [0.25, 0.3) is 0 Å². The van der Waals surface area contributed by atoms with Crippen molar-refractivity contribution in [2.24, 2.45) is 0 Å². The third kappa shape index (κ3) is 4.25. The van der Waals surface area contributed by atoms with E-state index >= 15 is 0 Å². The lowest BCUT2D eigenvalue weighted by atomic mass is 10.3. The molecule has 1 aliphatic rings. The van der Waals surface area contributed by atoms with E-state index in [-0.39, 0.29) is 5.91 Å². The summed E-state index contributed by atoms with van der Waals surface area (Å²) in [7, 11) is 0. The molecule has 28 heavy (non-hydrogen) atoms. The van der Waals surface area contributed by atoms with Crippen LogP contribution in [0, 0.1) is 6.92 Å². The zero-order valence-corrected chi connectivity index (χ0v) is 16.6. The fourth-order valence-corrected chi connectivity index (χ4v) is 4.01. The average Bonchev–Trinajstić information content (AvgIpc) is 3.04. The number of nitrogens with one attached hydrogen (secondary N) is 1. The summed E-state index contributed by atoms with van der Waals surface area (Å²) in [6.45, 7) is 4.64. The second-order valence-corrected chi connectivity index (χ2v) is 7.65. The number of para-hydroxylation sites is 2. The van der Waals surface area contributed by atoms with Crippen LogP contribution in [0.4, 0.5) is 0 Å². The topological polar surface area (TPSA) is 65.4 Å². The molecule has 0 unspecified atom stereocenters. The summed E-state index contributed by atoms with van der Waals surface area (Å²) >= 11 is 1.50. The van der Waals surface area contributed by atoms with Gasteiger partial charge in [-0.3, -0.25) is 4.79 Å². The van der Waals surface area contributed by atoms with Crippen LogP contribution < -0.4 is 14.8 Å². The summed E-state index contributed by atoms with van der Waals surface area (Å²) in [5.74, 6) is 2.93. The quantitative estimate of drug-likeness (QED) is 0.489. The van der Waals surface area contributed by atoms with E-state index in [0.717, 1.165) is 46.2 Å². The van der Waals surface area contributed by atoms with Crippen LogP contribution in [-0.2, 0) is 11.3 Å². The van der Waals surface area contributed by atoms with Gasteiger partial charge in [-0.2, -0.15) is 0 Å². The van der Waals surface area contributed by atoms with Crippen LogP contribution in [0.5, 0.6) is 11.5 Å². The lowest BCUT2D eigenvalue weighted by Gasteiger charge is -2.18. The first kappa shape index (κ1) is 18.7. The Labute approximate surface area is 168 Å². The smallest absolute Gasteiger partial charge is 0.230 e. The van der Waals surface area contributed by atoms with E-state index in [2.05, 4.69) is 20.9 Å². The lowest BCUT2D eigenvalue weighted by molar-refractivity contribution is -0.118. The first-order valence-corrected chi connectivity index (χ1v) is 10.4. The van der Waals surface area contributed by atoms with Crippen LogP contribution in [0.15, 0.2) is 47.4 Å². The van der Waals surface area contributed by atoms with Gasteiger partial charge in [-0.25, -0.2) is 4.98 Å². The summed E-state index contributed by atoms with van der Waals surface area (Å²) in [6, 6.07) is 13.9. The number of carbonyl (C=O) groups excluding carboxylic acids is 1. The van der Waals surface area contributed by atoms with Gasteiger partial charge in [0.2, 0.25) is 5.91 Å². The highest BCUT2D eigenvalue weighted by atomic mass is 32.2. The Morgan fingerprint density at radius 3 is 2.89 bits per heavy atom. The summed E-state index contributed by atoms with van der Waals surface area (Å²) in [6.07, 6.45) is 0.863. The molecule has 0 saturated heterocycles. The van der Waals surface area contributed by atoms with Gasteiger partial charge in [-0.15, -0.1) is 11.8 Å². The van der Waals surface area contributed by atoms with Gasteiger partial charge < -0.3 is 19.4 Å². The van der Waals surface area contributed by atoms with Crippen molar-refractivity contribution in [2.75, 3.05) is 25.5 Å². The van der Waals surface area contributed by atoms with Crippen LogP contribution in [0.2, 0.25) is 0 Å². The highest BCUT2D eigenvalue weighted by molar-refractivity contribution is 8.00. The standard InChI is InChI=1S/C21H23N3O3S/c1-15-23-17-5-2-3-6-18(17)24(15)10-4-9-22-21(25)14-28-16-7-8-19-20(13-16)27-12-11-26-19/h2-3,5-8,13H,4,9-12,14H2,1H3,(H,22,25). The van der Waals surface area contributed by atoms with Crippen LogP contribution in [0.1, 0.15) is 12.2 Å². The molecule has 1 N–H and O–H groups in total. The van der Waals surface area contributed by atoms with Crippen LogP contribution in [0.25, 0.3) is 11.0 Å². The van der Waals surface area contributed by atoms with Crippen LogP contribution >= 0.6 is 11.8 Å². The van der Waals surface area contributed by atoms with Crippen molar-refractivity contribution in [1.29, 1.82) is 0 Å². The molecule has 0 radical (unpaired) electrons. The van der Waals surface area contributed by atoms with Gasteiger partial charge in [0.1, 0.15) is 19.0 Å². The molecule has 2 heterocycles. The molecular weight excluding hydrogens is 374 g/mol. The van der Waals surface area contributed by atoms with E-state index in [1.807, 2.05) is 43.3 Å². The molecule has 146 valence electrons. The van der Waals surface area contributed by atoms with Crippen molar-refractivity contribution in [1.82, 2.24) is 14.9 Å². The Morgan fingerprint density at radius 1 is 1.18 bits per heavy atom. The molecule has 0 fully saturated rings. The first-order chi connectivity index (χ1) is 13.7. The van der Waals surface area contributed by atoms with Crippen molar-refractivity contribution in [2.45, 2.75) is 24.8 Å². The minimum atomic E-state index is 0.0344. The molecule has 0 aliphatic carbocycles. The predicted molar refractivity (Wildman–Crippen MR) is 110 cm³/mol. The zero-order chi connectivity index (χ0) is 19.3.